The summed E-state index contributed by atoms with van der Waals surface area (Å²) in [5, 5.41) is 2.01. The Morgan fingerprint density at radius 3 is 2.64 bits per heavy atom. The fourth-order valence-electron chi connectivity index (χ4n) is 3.81. The minimum atomic E-state index is -0.359. The van der Waals surface area contributed by atoms with Crippen LogP contribution >= 0.6 is 11.3 Å². The molecule has 0 bridgehead atoms. The largest absolute Gasteiger partial charge is 0.497 e. The van der Waals surface area contributed by atoms with Gasteiger partial charge in [-0.2, -0.15) is 0 Å². The van der Waals surface area contributed by atoms with Crippen molar-refractivity contribution in [1.82, 2.24) is 9.80 Å². The number of hydrogen-bond donors (Lipinski definition) is 0. The summed E-state index contributed by atoms with van der Waals surface area (Å²) >= 11 is 1.64. The molecule has 0 aliphatic carbocycles. The molecule has 0 radical (unpaired) electrons. The van der Waals surface area contributed by atoms with E-state index in [9.17, 15) is 9.59 Å². The van der Waals surface area contributed by atoms with Gasteiger partial charge in [-0.3, -0.25) is 9.59 Å². The zero-order chi connectivity index (χ0) is 20.1. The Morgan fingerprint density at radius 2 is 2.04 bits per heavy atom. The zero-order valence-electron chi connectivity index (χ0n) is 16.8. The number of likely N-dealkylation sites (tertiary alicyclic amines) is 1. The van der Waals surface area contributed by atoms with Gasteiger partial charge in [0, 0.05) is 24.9 Å². The maximum absolute atomic E-state index is 13.3. The van der Waals surface area contributed by atoms with E-state index in [1.807, 2.05) is 53.7 Å². The lowest BCUT2D eigenvalue weighted by atomic mass is 9.92. The minimum Gasteiger partial charge on any atom is -0.497 e. The van der Waals surface area contributed by atoms with Gasteiger partial charge in [-0.05, 0) is 35.6 Å². The van der Waals surface area contributed by atoms with Gasteiger partial charge in [0.25, 0.3) is 0 Å². The highest BCUT2D eigenvalue weighted by Crippen LogP contribution is 2.40. The third-order valence-corrected chi connectivity index (χ3v) is 6.17. The molecule has 6 heteroatoms. The Hall–Kier alpha value is -2.34. The molecule has 2 aromatic rings. The van der Waals surface area contributed by atoms with Crippen LogP contribution in [0.25, 0.3) is 0 Å². The number of nitrogens with zero attached hydrogens (tertiary/aromatic N) is 2. The summed E-state index contributed by atoms with van der Waals surface area (Å²) in [7, 11) is 3.46. The number of hydrogen-bond acceptors (Lipinski definition) is 4. The lowest BCUT2D eigenvalue weighted by Gasteiger charge is -2.30. The van der Waals surface area contributed by atoms with Crippen LogP contribution in [0.15, 0.2) is 41.8 Å². The first-order valence-corrected chi connectivity index (χ1v) is 10.6. The minimum absolute atomic E-state index is 0.0292. The molecule has 0 saturated carbocycles. The average Bonchev–Trinajstić information content (AvgIpc) is 3.33. The molecule has 1 aromatic carbocycles. The smallest absolute Gasteiger partial charge is 0.228 e. The molecule has 1 saturated heterocycles. The number of carbonyl (C=O) groups excluding carboxylic acids is 2. The third kappa shape index (κ3) is 4.38. The fraction of sp³-hybridized carbons (Fsp3) is 0.455. The molecule has 2 atom stereocenters. The molecular weight excluding hydrogens is 372 g/mol. The summed E-state index contributed by atoms with van der Waals surface area (Å²) in [6.07, 6.45) is 2.22. The van der Waals surface area contributed by atoms with E-state index in [1.165, 1.54) is 0 Å². The number of unbranched alkanes of at least 4 members (excludes halogenated alkanes) is 1. The first-order chi connectivity index (χ1) is 13.5. The fourth-order valence-corrected chi connectivity index (χ4v) is 4.57. The van der Waals surface area contributed by atoms with Crippen molar-refractivity contribution in [1.29, 1.82) is 0 Å². The molecule has 2 amide bonds. The summed E-state index contributed by atoms with van der Waals surface area (Å²) in [5.74, 6) is 0.507. The van der Waals surface area contributed by atoms with Gasteiger partial charge >= 0.3 is 0 Å². The van der Waals surface area contributed by atoms with Crippen molar-refractivity contribution in [3.63, 3.8) is 0 Å². The van der Waals surface area contributed by atoms with Crippen LogP contribution in [0.4, 0.5) is 0 Å². The normalized spacial score (nSPS) is 19.1. The average molecular weight is 401 g/mol. The molecule has 0 spiro atoms. The SMILES string of the molecule is CCCCN1C(=O)CC(C(=O)N(C)Cc2cccs2)C1c1ccc(OC)cc1. The van der Waals surface area contributed by atoms with E-state index in [4.69, 9.17) is 4.74 Å². The predicted octanol–water partition coefficient (Wildman–Crippen LogP) is 4.11. The highest BCUT2D eigenvalue weighted by atomic mass is 32.1. The van der Waals surface area contributed by atoms with Gasteiger partial charge < -0.3 is 14.5 Å². The van der Waals surface area contributed by atoms with Gasteiger partial charge in [0.15, 0.2) is 0 Å². The molecule has 5 nitrogen and oxygen atoms in total. The molecule has 150 valence electrons. The van der Waals surface area contributed by atoms with Gasteiger partial charge in [0.2, 0.25) is 11.8 Å². The van der Waals surface area contributed by atoms with E-state index in [0.29, 0.717) is 13.1 Å². The van der Waals surface area contributed by atoms with E-state index in [2.05, 4.69) is 6.92 Å². The van der Waals surface area contributed by atoms with Crippen LogP contribution in [0, 0.1) is 5.92 Å². The maximum Gasteiger partial charge on any atom is 0.228 e. The molecular formula is C22H28N2O3S. The van der Waals surface area contributed by atoms with E-state index in [-0.39, 0.29) is 30.2 Å². The molecule has 1 fully saturated rings. The van der Waals surface area contributed by atoms with Crippen LogP contribution in [0.3, 0.4) is 0 Å². The van der Waals surface area contributed by atoms with Crippen LogP contribution in [-0.2, 0) is 16.1 Å². The Balaban J connectivity index is 1.85. The maximum atomic E-state index is 13.3. The molecule has 0 N–H and O–H groups in total. The Labute approximate surface area is 170 Å². The van der Waals surface area contributed by atoms with Crippen LogP contribution in [0.1, 0.15) is 42.7 Å². The summed E-state index contributed by atoms with van der Waals surface area (Å²) in [6, 6.07) is 11.5. The Kier molecular flexibility index (Phi) is 6.73. The van der Waals surface area contributed by atoms with Gasteiger partial charge in [-0.15, -0.1) is 11.3 Å². The number of methoxy groups -OCH3 is 1. The van der Waals surface area contributed by atoms with Crippen molar-refractivity contribution in [2.45, 2.75) is 38.8 Å². The van der Waals surface area contributed by atoms with Crippen molar-refractivity contribution in [2.24, 2.45) is 5.92 Å². The first kappa shape index (κ1) is 20.4. The van der Waals surface area contributed by atoms with Crippen LogP contribution < -0.4 is 4.74 Å². The molecule has 2 heterocycles. The quantitative estimate of drug-likeness (QED) is 0.670. The monoisotopic (exact) mass is 400 g/mol. The molecule has 1 aromatic heterocycles. The molecule has 1 aliphatic rings. The number of rotatable bonds is 8. The molecule has 1 aliphatic heterocycles. The summed E-state index contributed by atoms with van der Waals surface area (Å²) < 4.78 is 5.26. The molecule has 3 rings (SSSR count). The number of amides is 2. The second-order valence-electron chi connectivity index (χ2n) is 7.24. The Morgan fingerprint density at radius 1 is 1.29 bits per heavy atom. The van der Waals surface area contributed by atoms with Crippen LogP contribution in [0.5, 0.6) is 5.75 Å². The van der Waals surface area contributed by atoms with E-state index in [0.717, 1.165) is 29.0 Å². The Bertz CT molecular complexity index is 789. The van der Waals surface area contributed by atoms with Gasteiger partial charge in [0.1, 0.15) is 5.75 Å². The van der Waals surface area contributed by atoms with Gasteiger partial charge in [0.05, 0.1) is 25.6 Å². The summed E-state index contributed by atoms with van der Waals surface area (Å²) in [4.78, 5) is 30.8. The van der Waals surface area contributed by atoms with Gasteiger partial charge in [-0.25, -0.2) is 0 Å². The van der Waals surface area contributed by atoms with Crippen molar-refractivity contribution >= 4 is 23.2 Å². The number of benzene rings is 1. The van der Waals surface area contributed by atoms with Crippen molar-refractivity contribution < 1.29 is 14.3 Å². The third-order valence-electron chi connectivity index (χ3n) is 5.31. The standard InChI is InChI=1S/C22H28N2O3S/c1-4-5-12-24-20(25)14-19(21(24)16-8-10-17(27-3)11-9-16)22(26)23(2)15-18-7-6-13-28-18/h6-11,13,19,21H,4-5,12,14-15H2,1-3H3. The zero-order valence-corrected chi connectivity index (χ0v) is 17.6. The highest BCUT2D eigenvalue weighted by molar-refractivity contribution is 7.09. The second kappa shape index (κ2) is 9.24. The van der Waals surface area contributed by atoms with E-state index in [1.54, 1.807) is 23.3 Å². The second-order valence-corrected chi connectivity index (χ2v) is 8.28. The van der Waals surface area contributed by atoms with E-state index >= 15 is 0 Å². The van der Waals surface area contributed by atoms with Crippen molar-refractivity contribution in [3.05, 3.63) is 52.2 Å². The number of carbonyl (C=O) groups is 2. The van der Waals surface area contributed by atoms with Crippen molar-refractivity contribution in [2.75, 3.05) is 20.7 Å². The van der Waals surface area contributed by atoms with Crippen LogP contribution in [-0.4, -0.2) is 42.3 Å². The first-order valence-electron chi connectivity index (χ1n) is 9.76. The van der Waals surface area contributed by atoms with Crippen molar-refractivity contribution in [3.8, 4) is 5.75 Å². The lowest BCUT2D eigenvalue weighted by Crippen LogP contribution is -2.36. The summed E-state index contributed by atoms with van der Waals surface area (Å²) in [6.45, 7) is 3.37. The van der Waals surface area contributed by atoms with E-state index < -0.39 is 0 Å². The van der Waals surface area contributed by atoms with Gasteiger partial charge in [-0.1, -0.05) is 31.5 Å². The van der Waals surface area contributed by atoms with Crippen LogP contribution in [0.2, 0.25) is 0 Å². The lowest BCUT2D eigenvalue weighted by molar-refractivity contribution is -0.135. The predicted molar refractivity (Wildman–Crippen MR) is 111 cm³/mol. The highest BCUT2D eigenvalue weighted by Gasteiger charge is 2.45. The number of ether oxygens (including phenoxy) is 1. The summed E-state index contributed by atoms with van der Waals surface area (Å²) in [5.41, 5.74) is 0.991. The molecule has 2 unspecified atom stereocenters. The topological polar surface area (TPSA) is 49.9 Å². The molecule has 28 heavy (non-hydrogen) atoms. The number of thiophene rings is 1.